The van der Waals surface area contributed by atoms with Crippen LogP contribution >= 0.6 is 0 Å². The molecule has 12 heavy (non-hydrogen) atoms. The lowest BCUT2D eigenvalue weighted by Gasteiger charge is -1.97. The second-order valence-corrected chi connectivity index (χ2v) is 3.40. The van der Waals surface area contributed by atoms with Crippen molar-refractivity contribution >= 4 is 0 Å². The predicted octanol–water partition coefficient (Wildman–Crippen LogP) is 2.89. The largest absolute Gasteiger partial charge is 0.204 e. The lowest BCUT2D eigenvalue weighted by Crippen LogP contribution is -1.88. The molecular weight excluding hydrogens is 158 g/mol. The van der Waals surface area contributed by atoms with E-state index in [2.05, 4.69) is 13.0 Å². The van der Waals surface area contributed by atoms with Crippen molar-refractivity contribution in [3.63, 3.8) is 0 Å². The molecule has 0 heterocycles. The molecule has 2 rings (SSSR count). The van der Waals surface area contributed by atoms with E-state index in [0.717, 1.165) is 18.1 Å². The Morgan fingerprint density at radius 1 is 1.42 bits per heavy atom. The standard InChI is InChI=1S/C10H9F2/c1-6-4-8(6)7-2-3-9(11)10(12)5-7/h3,5-6,8H,4H2,1H3. The van der Waals surface area contributed by atoms with E-state index in [1.807, 2.05) is 0 Å². The number of halogens is 2. The summed E-state index contributed by atoms with van der Waals surface area (Å²) in [5.41, 5.74) is 0.807. The first-order chi connectivity index (χ1) is 5.68. The van der Waals surface area contributed by atoms with E-state index >= 15 is 0 Å². The molecule has 1 aromatic carbocycles. The Kier molecular flexibility index (Phi) is 1.63. The van der Waals surface area contributed by atoms with E-state index in [9.17, 15) is 8.78 Å². The fourth-order valence-corrected chi connectivity index (χ4v) is 1.43. The third-order valence-corrected chi connectivity index (χ3v) is 2.38. The van der Waals surface area contributed by atoms with Gasteiger partial charge >= 0.3 is 0 Å². The van der Waals surface area contributed by atoms with Gasteiger partial charge in [-0.3, -0.25) is 0 Å². The average Bonchev–Trinajstić information content (AvgIpc) is 2.73. The zero-order valence-corrected chi connectivity index (χ0v) is 6.77. The van der Waals surface area contributed by atoms with E-state index < -0.39 is 11.6 Å². The second-order valence-electron chi connectivity index (χ2n) is 3.40. The second kappa shape index (κ2) is 2.54. The molecule has 1 radical (unpaired) electrons. The van der Waals surface area contributed by atoms with Crippen molar-refractivity contribution in [2.75, 3.05) is 0 Å². The predicted molar refractivity (Wildman–Crippen MR) is 41.7 cm³/mol. The molecule has 0 amide bonds. The van der Waals surface area contributed by atoms with Crippen LogP contribution in [0.3, 0.4) is 0 Å². The highest BCUT2D eigenvalue weighted by atomic mass is 19.2. The summed E-state index contributed by atoms with van der Waals surface area (Å²) in [6, 6.07) is 5.09. The van der Waals surface area contributed by atoms with E-state index in [1.165, 1.54) is 6.07 Å². The molecule has 1 saturated carbocycles. The quantitative estimate of drug-likeness (QED) is 0.603. The van der Waals surface area contributed by atoms with Crippen LogP contribution in [-0.2, 0) is 0 Å². The van der Waals surface area contributed by atoms with E-state index in [4.69, 9.17) is 0 Å². The molecule has 2 atom stereocenters. The minimum Gasteiger partial charge on any atom is -0.204 e. The van der Waals surface area contributed by atoms with Gasteiger partial charge < -0.3 is 0 Å². The third kappa shape index (κ3) is 1.22. The zero-order valence-electron chi connectivity index (χ0n) is 6.77. The zero-order chi connectivity index (χ0) is 8.72. The van der Waals surface area contributed by atoms with Crippen molar-refractivity contribution in [3.05, 3.63) is 35.4 Å². The average molecular weight is 167 g/mol. The van der Waals surface area contributed by atoms with Crippen LogP contribution < -0.4 is 0 Å². The molecule has 0 bridgehead atoms. The molecule has 63 valence electrons. The summed E-state index contributed by atoms with van der Waals surface area (Å²) >= 11 is 0. The summed E-state index contributed by atoms with van der Waals surface area (Å²) in [6.07, 6.45) is 1.07. The number of hydrogen-bond acceptors (Lipinski definition) is 0. The minimum atomic E-state index is -0.813. The highest BCUT2D eigenvalue weighted by Crippen LogP contribution is 2.46. The Morgan fingerprint density at radius 2 is 2.08 bits per heavy atom. The van der Waals surface area contributed by atoms with Gasteiger partial charge in [-0.15, -0.1) is 0 Å². The van der Waals surface area contributed by atoms with Gasteiger partial charge in [-0.05, 0) is 42.0 Å². The van der Waals surface area contributed by atoms with Crippen molar-refractivity contribution in [2.45, 2.75) is 19.3 Å². The molecule has 1 fully saturated rings. The van der Waals surface area contributed by atoms with Gasteiger partial charge in [-0.25, -0.2) is 8.78 Å². The van der Waals surface area contributed by atoms with Gasteiger partial charge in [0.05, 0.1) is 0 Å². The molecule has 0 N–H and O–H groups in total. The maximum atomic E-state index is 12.7. The van der Waals surface area contributed by atoms with Crippen LogP contribution in [0.2, 0.25) is 0 Å². The topological polar surface area (TPSA) is 0 Å². The molecule has 0 saturated heterocycles. The Morgan fingerprint density at radius 3 is 2.58 bits per heavy atom. The van der Waals surface area contributed by atoms with Crippen LogP contribution in [0.1, 0.15) is 24.8 Å². The Bertz CT molecular complexity index is 307. The molecule has 2 heteroatoms. The number of benzene rings is 1. The van der Waals surface area contributed by atoms with Crippen LogP contribution in [0.5, 0.6) is 0 Å². The van der Waals surface area contributed by atoms with Gasteiger partial charge in [0.2, 0.25) is 0 Å². The summed E-state index contributed by atoms with van der Waals surface area (Å²) in [7, 11) is 0. The summed E-state index contributed by atoms with van der Waals surface area (Å²) in [5.74, 6) is -0.568. The molecule has 1 aliphatic rings. The maximum absolute atomic E-state index is 12.7. The van der Waals surface area contributed by atoms with Gasteiger partial charge in [-0.2, -0.15) is 0 Å². The first kappa shape index (κ1) is 7.71. The van der Waals surface area contributed by atoms with Crippen molar-refractivity contribution in [3.8, 4) is 0 Å². The van der Waals surface area contributed by atoms with Crippen molar-refractivity contribution < 1.29 is 8.78 Å². The van der Waals surface area contributed by atoms with Gasteiger partial charge in [0.1, 0.15) is 0 Å². The lowest BCUT2D eigenvalue weighted by atomic mass is 10.1. The summed E-state index contributed by atoms with van der Waals surface area (Å²) < 4.78 is 25.2. The summed E-state index contributed by atoms with van der Waals surface area (Å²) in [5, 5.41) is 0. The smallest absolute Gasteiger partial charge is 0.159 e. The molecule has 1 aromatic rings. The van der Waals surface area contributed by atoms with Gasteiger partial charge in [-0.1, -0.05) is 6.92 Å². The van der Waals surface area contributed by atoms with Gasteiger partial charge in [0, 0.05) is 0 Å². The first-order valence-corrected chi connectivity index (χ1v) is 4.05. The van der Waals surface area contributed by atoms with Crippen LogP contribution in [0.4, 0.5) is 8.78 Å². The van der Waals surface area contributed by atoms with Gasteiger partial charge in [0.15, 0.2) is 11.6 Å². The Balaban J connectivity index is 2.29. The van der Waals surface area contributed by atoms with Crippen LogP contribution in [0.25, 0.3) is 0 Å². The molecule has 0 aliphatic heterocycles. The van der Waals surface area contributed by atoms with Crippen molar-refractivity contribution in [1.82, 2.24) is 0 Å². The first-order valence-electron chi connectivity index (χ1n) is 4.05. The number of hydrogen-bond donors (Lipinski definition) is 0. The van der Waals surface area contributed by atoms with Gasteiger partial charge in [0.25, 0.3) is 0 Å². The fourth-order valence-electron chi connectivity index (χ4n) is 1.43. The molecular formula is C10H9F2. The fraction of sp³-hybridized carbons (Fsp3) is 0.400. The Labute approximate surface area is 70.2 Å². The molecule has 0 aromatic heterocycles. The third-order valence-electron chi connectivity index (χ3n) is 2.38. The lowest BCUT2D eigenvalue weighted by molar-refractivity contribution is 0.506. The van der Waals surface area contributed by atoms with Crippen molar-refractivity contribution in [1.29, 1.82) is 0 Å². The highest BCUT2D eigenvalue weighted by Gasteiger charge is 2.34. The van der Waals surface area contributed by atoms with Crippen LogP contribution in [0, 0.1) is 23.6 Å². The van der Waals surface area contributed by atoms with Crippen LogP contribution in [-0.4, -0.2) is 0 Å². The maximum Gasteiger partial charge on any atom is 0.159 e. The molecule has 2 unspecified atom stereocenters. The number of rotatable bonds is 1. The SMILES string of the molecule is CC1CC1c1[c]cc(F)c(F)c1. The Hall–Kier alpha value is -0.920. The normalized spacial score (nSPS) is 27.2. The molecule has 1 aliphatic carbocycles. The molecule has 0 spiro atoms. The summed E-state index contributed by atoms with van der Waals surface area (Å²) in [4.78, 5) is 0. The van der Waals surface area contributed by atoms with E-state index in [0.29, 0.717) is 11.8 Å². The monoisotopic (exact) mass is 167 g/mol. The molecule has 0 nitrogen and oxygen atoms in total. The minimum absolute atomic E-state index is 0.403. The van der Waals surface area contributed by atoms with Crippen LogP contribution in [0.15, 0.2) is 12.1 Å². The van der Waals surface area contributed by atoms with E-state index in [-0.39, 0.29) is 0 Å². The summed E-state index contributed by atoms with van der Waals surface area (Å²) in [6.45, 7) is 2.10. The van der Waals surface area contributed by atoms with E-state index in [1.54, 1.807) is 0 Å². The highest BCUT2D eigenvalue weighted by molar-refractivity contribution is 5.25. The van der Waals surface area contributed by atoms with Crippen molar-refractivity contribution in [2.24, 2.45) is 5.92 Å².